The lowest BCUT2D eigenvalue weighted by molar-refractivity contribution is 0.102. The van der Waals surface area contributed by atoms with Crippen LogP contribution in [0.4, 0.5) is 6.01 Å². The number of amides is 1. The molecule has 3 aromatic heterocycles. The first kappa shape index (κ1) is 13.7. The van der Waals surface area contributed by atoms with Gasteiger partial charge in [-0.1, -0.05) is 16.7 Å². The van der Waals surface area contributed by atoms with Crippen LogP contribution in [0, 0.1) is 0 Å². The van der Waals surface area contributed by atoms with Crippen molar-refractivity contribution >= 4 is 62.1 Å². The maximum Gasteiger partial charge on any atom is 0.322 e. The van der Waals surface area contributed by atoms with E-state index < -0.39 is 0 Å². The Morgan fingerprint density at radius 1 is 1.25 bits per heavy atom. The molecule has 5 nitrogen and oxygen atoms in total. The van der Waals surface area contributed by atoms with Crippen LogP contribution in [0.1, 0.15) is 9.67 Å². The molecule has 0 saturated carbocycles. The number of carbonyl (C=O) groups is 1. The molecule has 3 rings (SSSR count). The summed E-state index contributed by atoms with van der Waals surface area (Å²) in [5.74, 6) is 0.0321. The fourth-order valence-electron chi connectivity index (χ4n) is 1.40. The van der Waals surface area contributed by atoms with Crippen molar-refractivity contribution in [1.29, 1.82) is 0 Å². The van der Waals surface area contributed by atoms with Gasteiger partial charge in [-0.2, -0.15) is 0 Å². The van der Waals surface area contributed by atoms with E-state index in [1.807, 2.05) is 0 Å². The van der Waals surface area contributed by atoms with Gasteiger partial charge in [-0.05, 0) is 40.2 Å². The Morgan fingerprint density at radius 2 is 2.10 bits per heavy atom. The lowest BCUT2D eigenvalue weighted by atomic mass is 10.4. The van der Waals surface area contributed by atoms with Crippen molar-refractivity contribution in [1.82, 2.24) is 10.2 Å². The standard InChI is InChI=1S/C11H5BrClN3O2S2/c12-7-3-1-5(19-7)9(17)14-11-16-15-10(18-11)6-2-4-8(13)20-6/h1-4H,(H,14,16,17). The highest BCUT2D eigenvalue weighted by Crippen LogP contribution is 2.31. The molecule has 1 N–H and O–H groups in total. The first-order valence-corrected chi connectivity index (χ1v) is 8.08. The summed E-state index contributed by atoms with van der Waals surface area (Å²) in [4.78, 5) is 13.2. The number of carbonyl (C=O) groups excluding carboxylic acids is 1. The van der Waals surface area contributed by atoms with Gasteiger partial charge in [0.05, 0.1) is 17.9 Å². The zero-order valence-electron chi connectivity index (χ0n) is 9.59. The molecule has 0 aliphatic heterocycles. The third kappa shape index (κ3) is 2.93. The summed E-state index contributed by atoms with van der Waals surface area (Å²) >= 11 is 11.8. The van der Waals surface area contributed by atoms with E-state index in [0.717, 1.165) is 8.66 Å². The van der Waals surface area contributed by atoms with E-state index in [9.17, 15) is 4.79 Å². The van der Waals surface area contributed by atoms with Gasteiger partial charge in [-0.25, -0.2) is 0 Å². The van der Waals surface area contributed by atoms with E-state index >= 15 is 0 Å². The first-order chi connectivity index (χ1) is 9.61. The first-order valence-electron chi connectivity index (χ1n) is 5.28. The van der Waals surface area contributed by atoms with Gasteiger partial charge >= 0.3 is 6.01 Å². The summed E-state index contributed by atoms with van der Waals surface area (Å²) in [7, 11) is 0. The minimum absolute atomic E-state index is 0.0547. The van der Waals surface area contributed by atoms with Gasteiger partial charge in [0.25, 0.3) is 11.8 Å². The van der Waals surface area contributed by atoms with E-state index in [1.165, 1.54) is 22.7 Å². The molecule has 0 spiro atoms. The number of nitrogens with zero attached hydrogens (tertiary/aromatic N) is 2. The maximum atomic E-state index is 11.9. The van der Waals surface area contributed by atoms with Crippen LogP contribution in [0.25, 0.3) is 10.8 Å². The number of halogens is 2. The summed E-state index contributed by atoms with van der Waals surface area (Å²) in [6, 6.07) is 7.08. The Morgan fingerprint density at radius 3 is 2.75 bits per heavy atom. The minimum atomic E-state index is -0.292. The third-order valence-electron chi connectivity index (χ3n) is 2.23. The molecule has 9 heteroatoms. The Labute approximate surface area is 134 Å². The van der Waals surface area contributed by atoms with E-state index in [0.29, 0.717) is 15.1 Å². The molecule has 0 aliphatic rings. The number of nitrogens with one attached hydrogen (secondary N) is 1. The summed E-state index contributed by atoms with van der Waals surface area (Å²) in [5, 5.41) is 10.2. The molecule has 0 radical (unpaired) electrons. The molecule has 0 fully saturated rings. The molecule has 20 heavy (non-hydrogen) atoms. The van der Waals surface area contributed by atoms with Crippen LogP contribution in [-0.4, -0.2) is 16.1 Å². The van der Waals surface area contributed by atoms with Crippen LogP contribution in [0.3, 0.4) is 0 Å². The van der Waals surface area contributed by atoms with Crippen LogP contribution >= 0.6 is 50.2 Å². The predicted octanol–water partition coefficient (Wildman–Crippen LogP) is 4.53. The van der Waals surface area contributed by atoms with Crippen molar-refractivity contribution < 1.29 is 9.21 Å². The molecule has 0 saturated heterocycles. The smallest absolute Gasteiger partial charge is 0.322 e. The predicted molar refractivity (Wildman–Crippen MR) is 82.6 cm³/mol. The fraction of sp³-hybridized carbons (Fsp3) is 0. The molecule has 0 aromatic carbocycles. The second-order valence-electron chi connectivity index (χ2n) is 3.57. The Kier molecular flexibility index (Phi) is 3.88. The third-order valence-corrected chi connectivity index (χ3v) is 5.07. The Hall–Kier alpha value is -1.22. The van der Waals surface area contributed by atoms with Crippen LogP contribution in [0.5, 0.6) is 0 Å². The number of rotatable bonds is 3. The van der Waals surface area contributed by atoms with Gasteiger partial charge in [0.1, 0.15) is 0 Å². The lowest BCUT2D eigenvalue weighted by Gasteiger charge is -1.95. The average molecular weight is 391 g/mol. The quantitative estimate of drug-likeness (QED) is 0.713. The molecular weight excluding hydrogens is 386 g/mol. The maximum absolute atomic E-state index is 11.9. The Bertz CT molecular complexity index is 767. The van der Waals surface area contributed by atoms with Crippen molar-refractivity contribution in [3.63, 3.8) is 0 Å². The van der Waals surface area contributed by atoms with Crippen molar-refractivity contribution in [3.8, 4) is 10.8 Å². The molecule has 1 amide bonds. The zero-order chi connectivity index (χ0) is 14.1. The molecule has 3 heterocycles. The normalized spacial score (nSPS) is 10.7. The van der Waals surface area contributed by atoms with Gasteiger partial charge in [0.2, 0.25) is 0 Å². The van der Waals surface area contributed by atoms with Gasteiger partial charge in [-0.15, -0.1) is 27.8 Å². The Balaban J connectivity index is 1.76. The topological polar surface area (TPSA) is 68.0 Å². The zero-order valence-corrected chi connectivity index (χ0v) is 13.6. The van der Waals surface area contributed by atoms with Crippen molar-refractivity contribution in [3.05, 3.63) is 37.3 Å². The SMILES string of the molecule is O=C(Nc1nnc(-c2ccc(Cl)s2)o1)c1ccc(Br)s1. The van der Waals surface area contributed by atoms with Crippen LogP contribution in [-0.2, 0) is 0 Å². The highest BCUT2D eigenvalue weighted by molar-refractivity contribution is 9.11. The molecule has 0 aliphatic carbocycles. The molecule has 0 atom stereocenters. The molecule has 0 bridgehead atoms. The van der Waals surface area contributed by atoms with Crippen molar-refractivity contribution in [2.75, 3.05) is 5.32 Å². The van der Waals surface area contributed by atoms with Gasteiger partial charge in [0.15, 0.2) is 0 Å². The summed E-state index contributed by atoms with van der Waals surface area (Å²) in [6.45, 7) is 0. The summed E-state index contributed by atoms with van der Waals surface area (Å²) in [6.07, 6.45) is 0. The van der Waals surface area contributed by atoms with Gasteiger partial charge in [0, 0.05) is 0 Å². The van der Waals surface area contributed by atoms with E-state index in [-0.39, 0.29) is 11.9 Å². The van der Waals surface area contributed by atoms with Crippen molar-refractivity contribution in [2.45, 2.75) is 0 Å². The summed E-state index contributed by atoms with van der Waals surface area (Å²) in [5.41, 5.74) is 0. The fourth-order valence-corrected chi connectivity index (χ4v) is 3.64. The van der Waals surface area contributed by atoms with Crippen LogP contribution < -0.4 is 5.32 Å². The van der Waals surface area contributed by atoms with Gasteiger partial charge in [-0.3, -0.25) is 10.1 Å². The average Bonchev–Trinajstić information content (AvgIpc) is 3.10. The molecule has 102 valence electrons. The second kappa shape index (κ2) is 5.65. The van der Waals surface area contributed by atoms with Crippen molar-refractivity contribution in [2.24, 2.45) is 0 Å². The number of hydrogen-bond donors (Lipinski definition) is 1. The van der Waals surface area contributed by atoms with Crippen LogP contribution in [0.2, 0.25) is 4.34 Å². The molecule has 0 unspecified atom stereocenters. The minimum Gasteiger partial charge on any atom is -0.402 e. The number of anilines is 1. The van der Waals surface area contributed by atoms with E-state index in [4.69, 9.17) is 16.0 Å². The molecule has 3 aromatic rings. The number of aromatic nitrogens is 2. The number of hydrogen-bond acceptors (Lipinski definition) is 6. The highest BCUT2D eigenvalue weighted by atomic mass is 79.9. The lowest BCUT2D eigenvalue weighted by Crippen LogP contribution is -2.10. The monoisotopic (exact) mass is 389 g/mol. The number of thiophene rings is 2. The van der Waals surface area contributed by atoms with E-state index in [1.54, 1.807) is 24.3 Å². The highest BCUT2D eigenvalue weighted by Gasteiger charge is 2.15. The van der Waals surface area contributed by atoms with E-state index in [2.05, 4.69) is 31.4 Å². The van der Waals surface area contributed by atoms with Crippen LogP contribution in [0.15, 0.2) is 32.5 Å². The molecular formula is C11H5BrClN3O2S2. The largest absolute Gasteiger partial charge is 0.402 e. The second-order valence-corrected chi connectivity index (χ2v) is 7.75. The summed E-state index contributed by atoms with van der Waals surface area (Å²) < 4.78 is 6.88. The van der Waals surface area contributed by atoms with Gasteiger partial charge < -0.3 is 4.42 Å².